The van der Waals surface area contributed by atoms with Crippen LogP contribution in [0.4, 0.5) is 17.1 Å². The number of hydrogen-bond donors (Lipinski definition) is 3. The highest BCUT2D eigenvalue weighted by molar-refractivity contribution is 6.22. The van der Waals surface area contributed by atoms with E-state index in [0.29, 0.717) is 22.5 Å². The monoisotopic (exact) mass is 500 g/mol. The fourth-order valence-corrected chi connectivity index (χ4v) is 4.75. The van der Waals surface area contributed by atoms with E-state index in [4.69, 9.17) is 4.74 Å². The molecule has 0 unspecified atom stereocenters. The lowest BCUT2D eigenvalue weighted by Gasteiger charge is -2.13. The van der Waals surface area contributed by atoms with Gasteiger partial charge < -0.3 is 20.1 Å². The zero-order valence-electron chi connectivity index (χ0n) is 20.8. The molecule has 6 aromatic rings. The number of anilines is 1. The third-order valence-electron chi connectivity index (χ3n) is 6.68. The van der Waals surface area contributed by atoms with E-state index >= 15 is 0 Å². The lowest BCUT2D eigenvalue weighted by atomic mass is 10.00. The molecule has 0 fully saturated rings. The summed E-state index contributed by atoms with van der Waals surface area (Å²) in [4.78, 5) is 16.9. The Bertz CT molecular complexity index is 1870. The number of H-pyrrole nitrogens is 1. The van der Waals surface area contributed by atoms with E-state index in [9.17, 15) is 9.90 Å². The van der Waals surface area contributed by atoms with Gasteiger partial charge in [0.15, 0.2) is 5.75 Å². The number of para-hydroxylation sites is 1. The number of aromatic hydroxyl groups is 1. The maximum Gasteiger partial charge on any atom is 0.259 e. The highest BCUT2D eigenvalue weighted by Crippen LogP contribution is 2.44. The molecule has 0 atom stereocenters. The van der Waals surface area contributed by atoms with Gasteiger partial charge in [0.1, 0.15) is 11.4 Å². The fourth-order valence-electron chi connectivity index (χ4n) is 4.75. The molecule has 38 heavy (non-hydrogen) atoms. The minimum atomic E-state index is -0.453. The Labute approximate surface area is 218 Å². The number of amides is 1. The number of carbonyl (C=O) groups excluding carboxylic acids is 1. The number of hydrogen-bond acceptors (Lipinski definition) is 5. The van der Waals surface area contributed by atoms with Crippen LogP contribution in [0, 0.1) is 6.92 Å². The molecule has 0 spiro atoms. The van der Waals surface area contributed by atoms with Gasteiger partial charge in [-0.3, -0.25) is 4.79 Å². The van der Waals surface area contributed by atoms with Crippen molar-refractivity contribution in [2.45, 2.75) is 6.92 Å². The van der Waals surface area contributed by atoms with Crippen LogP contribution in [0.3, 0.4) is 0 Å². The van der Waals surface area contributed by atoms with E-state index in [1.807, 2.05) is 79.7 Å². The molecule has 0 bridgehead atoms. The maximum absolute atomic E-state index is 13.4. The number of ether oxygens (including phenoxy) is 1. The summed E-state index contributed by atoms with van der Waals surface area (Å²) >= 11 is 0. The van der Waals surface area contributed by atoms with E-state index in [1.165, 1.54) is 0 Å². The Morgan fingerprint density at radius 1 is 0.895 bits per heavy atom. The molecule has 0 aliphatic rings. The van der Waals surface area contributed by atoms with Gasteiger partial charge in [0.05, 0.1) is 23.9 Å². The predicted octanol–water partition coefficient (Wildman–Crippen LogP) is 8.16. The van der Waals surface area contributed by atoms with Crippen molar-refractivity contribution in [2.24, 2.45) is 10.2 Å². The summed E-state index contributed by atoms with van der Waals surface area (Å²) in [6.45, 7) is 1.88. The molecule has 1 amide bonds. The van der Waals surface area contributed by atoms with Crippen LogP contribution >= 0.6 is 0 Å². The number of nitrogens with one attached hydrogen (secondary N) is 2. The largest absolute Gasteiger partial charge is 0.505 e. The number of phenols is 1. The Hall–Kier alpha value is -5.17. The summed E-state index contributed by atoms with van der Waals surface area (Å²) in [5.41, 5.74) is 4.20. The van der Waals surface area contributed by atoms with Crippen molar-refractivity contribution in [3.8, 4) is 11.5 Å². The predicted molar refractivity (Wildman–Crippen MR) is 151 cm³/mol. The maximum atomic E-state index is 13.4. The zero-order valence-corrected chi connectivity index (χ0v) is 20.8. The molecule has 7 nitrogen and oxygen atoms in total. The first-order chi connectivity index (χ1) is 18.5. The summed E-state index contributed by atoms with van der Waals surface area (Å²) in [7, 11) is 1.59. The van der Waals surface area contributed by atoms with Crippen LogP contribution in [0.15, 0.2) is 101 Å². The van der Waals surface area contributed by atoms with Crippen LogP contribution in [-0.4, -0.2) is 23.1 Å². The number of aromatic amines is 1. The third-order valence-corrected chi connectivity index (χ3v) is 6.68. The number of aromatic nitrogens is 1. The molecule has 0 aliphatic carbocycles. The second-order valence-corrected chi connectivity index (χ2v) is 9.05. The van der Waals surface area contributed by atoms with Crippen molar-refractivity contribution >= 4 is 55.5 Å². The number of methoxy groups -OCH3 is 1. The van der Waals surface area contributed by atoms with Crippen molar-refractivity contribution in [3.05, 3.63) is 102 Å². The lowest BCUT2D eigenvalue weighted by Crippen LogP contribution is -2.13. The van der Waals surface area contributed by atoms with Crippen molar-refractivity contribution in [1.82, 2.24) is 4.98 Å². The fraction of sp³-hybridized carbons (Fsp3) is 0.0645. The normalized spacial score (nSPS) is 11.5. The molecule has 0 aliphatic heterocycles. The first kappa shape index (κ1) is 23.2. The van der Waals surface area contributed by atoms with Crippen molar-refractivity contribution in [2.75, 3.05) is 12.4 Å². The van der Waals surface area contributed by atoms with Gasteiger partial charge in [-0.05, 0) is 60.3 Å². The third kappa shape index (κ3) is 4.00. The second-order valence-electron chi connectivity index (χ2n) is 9.05. The van der Waals surface area contributed by atoms with Gasteiger partial charge in [-0.2, -0.15) is 5.11 Å². The number of carbonyl (C=O) groups is 1. The highest BCUT2D eigenvalue weighted by Gasteiger charge is 2.22. The standard InChI is InChI=1S/C31H24N4O3/c1-18-16-21(38-2)13-15-25(18)33-31(37)24-17-19-12-14-23-22-10-6-7-11-26(22)32-28(23)27(19)29(30(24)36)35-34-20-8-4-3-5-9-20/h3-17,32,36H,1-2H3,(H,33,37). The number of rotatable bonds is 5. The molecule has 5 aromatic carbocycles. The van der Waals surface area contributed by atoms with E-state index < -0.39 is 5.91 Å². The van der Waals surface area contributed by atoms with Gasteiger partial charge in [-0.15, -0.1) is 5.11 Å². The average Bonchev–Trinajstić information content (AvgIpc) is 3.32. The molecular weight excluding hydrogens is 476 g/mol. The van der Waals surface area contributed by atoms with Crippen LogP contribution < -0.4 is 10.1 Å². The highest BCUT2D eigenvalue weighted by atomic mass is 16.5. The molecule has 0 radical (unpaired) electrons. The number of benzene rings is 5. The Kier molecular flexibility index (Phi) is 5.73. The summed E-state index contributed by atoms with van der Waals surface area (Å²) in [6, 6.07) is 28.3. The summed E-state index contributed by atoms with van der Waals surface area (Å²) in [6.07, 6.45) is 0. The molecule has 0 saturated carbocycles. The number of nitrogens with zero attached hydrogens (tertiary/aromatic N) is 2. The summed E-state index contributed by atoms with van der Waals surface area (Å²) in [5, 5.41) is 26.7. The van der Waals surface area contributed by atoms with Gasteiger partial charge in [-0.25, -0.2) is 0 Å². The van der Waals surface area contributed by atoms with Crippen LogP contribution in [0.25, 0.3) is 32.6 Å². The molecule has 186 valence electrons. The van der Waals surface area contributed by atoms with Crippen molar-refractivity contribution < 1.29 is 14.6 Å². The van der Waals surface area contributed by atoms with E-state index in [1.54, 1.807) is 25.3 Å². The Morgan fingerprint density at radius 2 is 1.68 bits per heavy atom. The van der Waals surface area contributed by atoms with Gasteiger partial charge in [0.25, 0.3) is 5.91 Å². The van der Waals surface area contributed by atoms with Gasteiger partial charge in [0.2, 0.25) is 0 Å². The topological polar surface area (TPSA) is 99.1 Å². The van der Waals surface area contributed by atoms with E-state index in [0.717, 1.165) is 32.8 Å². The molecule has 1 aromatic heterocycles. The summed E-state index contributed by atoms with van der Waals surface area (Å²) < 4.78 is 5.26. The number of phenolic OH excluding ortho intramolecular Hbond substituents is 1. The van der Waals surface area contributed by atoms with E-state index in [-0.39, 0.29) is 17.0 Å². The van der Waals surface area contributed by atoms with Crippen LogP contribution in [0.2, 0.25) is 0 Å². The smallest absolute Gasteiger partial charge is 0.259 e. The first-order valence-electron chi connectivity index (χ1n) is 12.2. The van der Waals surface area contributed by atoms with Crippen molar-refractivity contribution in [3.63, 3.8) is 0 Å². The van der Waals surface area contributed by atoms with Gasteiger partial charge >= 0.3 is 0 Å². The minimum absolute atomic E-state index is 0.102. The quantitative estimate of drug-likeness (QED) is 0.208. The summed E-state index contributed by atoms with van der Waals surface area (Å²) in [5.74, 6) is -0.00223. The second kappa shape index (κ2) is 9.37. The van der Waals surface area contributed by atoms with Gasteiger partial charge in [-0.1, -0.05) is 48.5 Å². The van der Waals surface area contributed by atoms with Crippen molar-refractivity contribution in [1.29, 1.82) is 0 Å². The minimum Gasteiger partial charge on any atom is -0.505 e. The Balaban J connectivity index is 1.55. The number of azo groups is 1. The molecule has 0 saturated heterocycles. The zero-order chi connectivity index (χ0) is 26.2. The number of fused-ring (bicyclic) bond motifs is 5. The van der Waals surface area contributed by atoms with E-state index in [2.05, 4.69) is 20.5 Å². The molecule has 1 heterocycles. The van der Waals surface area contributed by atoms with Gasteiger partial charge in [0, 0.05) is 27.4 Å². The number of aryl methyl sites for hydroxylation is 1. The van der Waals surface area contributed by atoms with Crippen LogP contribution in [-0.2, 0) is 0 Å². The Morgan fingerprint density at radius 3 is 2.47 bits per heavy atom. The molecule has 3 N–H and O–H groups in total. The molecule has 6 rings (SSSR count). The van der Waals surface area contributed by atoms with Crippen LogP contribution in [0.5, 0.6) is 11.5 Å². The molecular formula is C31H24N4O3. The SMILES string of the molecule is COc1ccc(NC(=O)c2cc3ccc4c5ccccc5[nH]c4c3c(N=Nc3ccccc3)c2O)c(C)c1. The van der Waals surface area contributed by atoms with Crippen LogP contribution in [0.1, 0.15) is 15.9 Å². The first-order valence-corrected chi connectivity index (χ1v) is 12.2. The average molecular weight is 501 g/mol. The lowest BCUT2D eigenvalue weighted by molar-refractivity contribution is 0.102. The molecule has 7 heteroatoms.